The molecule has 4 heteroatoms. The topological polar surface area (TPSA) is 55.6 Å². The molecule has 2 fully saturated rings. The summed E-state index contributed by atoms with van der Waals surface area (Å²) in [6, 6.07) is 0.954. The van der Waals surface area contributed by atoms with Crippen LogP contribution >= 0.6 is 0 Å². The molecular weight excluding hydrogens is 204 g/mol. The van der Waals surface area contributed by atoms with Crippen LogP contribution in [-0.4, -0.2) is 43.2 Å². The first-order valence-electron chi connectivity index (χ1n) is 6.25. The number of nitrogens with zero attached hydrogens (tertiary/aromatic N) is 1. The quantitative estimate of drug-likeness (QED) is 0.722. The summed E-state index contributed by atoms with van der Waals surface area (Å²) in [4.78, 5) is 13.7. The Balaban J connectivity index is 1.86. The van der Waals surface area contributed by atoms with Crippen molar-refractivity contribution in [2.24, 2.45) is 11.7 Å². The molecule has 1 saturated heterocycles. The number of methoxy groups -OCH3 is 1. The van der Waals surface area contributed by atoms with Crippen LogP contribution in [0.2, 0.25) is 0 Å². The lowest BCUT2D eigenvalue weighted by atomic mass is 9.85. The average Bonchev–Trinajstić information content (AvgIpc) is 2.13. The zero-order chi connectivity index (χ0) is 11.5. The minimum Gasteiger partial charge on any atom is -0.469 e. The molecule has 2 aliphatic rings. The van der Waals surface area contributed by atoms with E-state index >= 15 is 0 Å². The summed E-state index contributed by atoms with van der Waals surface area (Å²) in [6.07, 6.45) is 5.43. The summed E-state index contributed by atoms with van der Waals surface area (Å²) in [5.41, 5.74) is 6.06. The van der Waals surface area contributed by atoms with E-state index in [1.807, 2.05) is 0 Å². The van der Waals surface area contributed by atoms with Crippen LogP contribution in [0.15, 0.2) is 0 Å². The lowest BCUT2D eigenvalue weighted by molar-refractivity contribution is -0.142. The summed E-state index contributed by atoms with van der Waals surface area (Å²) < 4.78 is 4.73. The standard InChI is InChI=1S/C12H22N2O2/c1-16-12(15)6-9-5-10(13)8-14(7-9)11-3-2-4-11/h9-11H,2-8,13H2,1H3. The number of hydrogen-bond acceptors (Lipinski definition) is 4. The van der Waals surface area contributed by atoms with Crippen LogP contribution in [0.3, 0.4) is 0 Å². The lowest BCUT2D eigenvalue weighted by Crippen LogP contribution is -2.53. The van der Waals surface area contributed by atoms with Crippen LogP contribution in [0, 0.1) is 5.92 Å². The molecule has 4 nitrogen and oxygen atoms in total. The van der Waals surface area contributed by atoms with Crippen LogP contribution in [0.5, 0.6) is 0 Å². The summed E-state index contributed by atoms with van der Waals surface area (Å²) in [7, 11) is 1.45. The van der Waals surface area contributed by atoms with E-state index in [0.717, 1.165) is 25.6 Å². The predicted molar refractivity (Wildman–Crippen MR) is 61.9 cm³/mol. The number of nitrogens with two attached hydrogens (primary N) is 1. The highest BCUT2D eigenvalue weighted by Crippen LogP contribution is 2.29. The van der Waals surface area contributed by atoms with E-state index < -0.39 is 0 Å². The van der Waals surface area contributed by atoms with E-state index in [4.69, 9.17) is 10.5 Å². The number of piperidine rings is 1. The van der Waals surface area contributed by atoms with Crippen LogP contribution in [0.1, 0.15) is 32.1 Å². The second-order valence-electron chi connectivity index (χ2n) is 5.18. The van der Waals surface area contributed by atoms with Gasteiger partial charge in [-0.25, -0.2) is 0 Å². The van der Waals surface area contributed by atoms with Crippen molar-refractivity contribution in [3.63, 3.8) is 0 Å². The molecule has 92 valence electrons. The van der Waals surface area contributed by atoms with E-state index in [1.165, 1.54) is 26.4 Å². The molecule has 0 radical (unpaired) electrons. The highest BCUT2D eigenvalue weighted by atomic mass is 16.5. The molecule has 1 aliphatic heterocycles. The highest BCUT2D eigenvalue weighted by Gasteiger charge is 2.33. The maximum Gasteiger partial charge on any atom is 0.305 e. The maximum atomic E-state index is 11.3. The zero-order valence-electron chi connectivity index (χ0n) is 10.0. The molecule has 1 aliphatic carbocycles. The fourth-order valence-electron chi connectivity index (χ4n) is 2.80. The van der Waals surface area contributed by atoms with Gasteiger partial charge in [0, 0.05) is 31.6 Å². The number of carbonyl (C=O) groups is 1. The minimum atomic E-state index is -0.104. The van der Waals surface area contributed by atoms with Gasteiger partial charge in [-0.3, -0.25) is 9.69 Å². The van der Waals surface area contributed by atoms with Gasteiger partial charge in [-0.15, -0.1) is 0 Å². The summed E-state index contributed by atoms with van der Waals surface area (Å²) >= 11 is 0. The number of ether oxygens (including phenoxy) is 1. The summed E-state index contributed by atoms with van der Waals surface area (Å²) in [5.74, 6) is 0.282. The van der Waals surface area contributed by atoms with Gasteiger partial charge in [0.1, 0.15) is 0 Å². The molecule has 1 heterocycles. The Morgan fingerprint density at radius 2 is 2.19 bits per heavy atom. The number of rotatable bonds is 3. The molecule has 2 rings (SSSR count). The molecule has 16 heavy (non-hydrogen) atoms. The first kappa shape index (κ1) is 11.9. The van der Waals surface area contributed by atoms with Crippen LogP contribution in [0.4, 0.5) is 0 Å². The van der Waals surface area contributed by atoms with Gasteiger partial charge in [0.2, 0.25) is 0 Å². The molecular formula is C12H22N2O2. The van der Waals surface area contributed by atoms with Crippen molar-refractivity contribution in [3.8, 4) is 0 Å². The molecule has 0 bridgehead atoms. The van der Waals surface area contributed by atoms with Gasteiger partial charge >= 0.3 is 5.97 Å². The second-order valence-corrected chi connectivity index (χ2v) is 5.18. The third-order valence-electron chi connectivity index (χ3n) is 3.87. The highest BCUT2D eigenvalue weighted by molar-refractivity contribution is 5.69. The molecule has 2 unspecified atom stereocenters. The third kappa shape index (κ3) is 2.74. The van der Waals surface area contributed by atoms with E-state index in [-0.39, 0.29) is 12.0 Å². The van der Waals surface area contributed by atoms with E-state index in [2.05, 4.69) is 4.90 Å². The Bertz CT molecular complexity index is 253. The summed E-state index contributed by atoms with van der Waals surface area (Å²) in [6.45, 7) is 2.02. The first-order chi connectivity index (χ1) is 7.69. The van der Waals surface area contributed by atoms with Crippen molar-refractivity contribution in [1.29, 1.82) is 0 Å². The molecule has 0 aromatic carbocycles. The van der Waals surface area contributed by atoms with Crippen LogP contribution < -0.4 is 5.73 Å². The molecule has 0 aromatic rings. The van der Waals surface area contributed by atoms with Crippen molar-refractivity contribution in [1.82, 2.24) is 4.90 Å². The fourth-order valence-corrected chi connectivity index (χ4v) is 2.80. The van der Waals surface area contributed by atoms with E-state index in [9.17, 15) is 4.79 Å². The van der Waals surface area contributed by atoms with Gasteiger partial charge in [-0.05, 0) is 25.2 Å². The molecule has 0 spiro atoms. The second kappa shape index (κ2) is 5.15. The first-order valence-corrected chi connectivity index (χ1v) is 6.25. The van der Waals surface area contributed by atoms with Crippen LogP contribution in [-0.2, 0) is 9.53 Å². The molecule has 1 saturated carbocycles. The van der Waals surface area contributed by atoms with Gasteiger partial charge in [-0.2, -0.15) is 0 Å². The Kier molecular flexibility index (Phi) is 3.82. The monoisotopic (exact) mass is 226 g/mol. The van der Waals surface area contributed by atoms with Crippen molar-refractivity contribution in [2.45, 2.75) is 44.2 Å². The number of carbonyl (C=O) groups excluding carboxylic acids is 1. The number of esters is 1. The Morgan fingerprint density at radius 3 is 2.75 bits per heavy atom. The SMILES string of the molecule is COC(=O)CC1CC(N)CN(C2CCC2)C1. The van der Waals surface area contributed by atoms with Gasteiger partial charge in [-0.1, -0.05) is 6.42 Å². The van der Waals surface area contributed by atoms with Gasteiger partial charge in [0.05, 0.1) is 7.11 Å². The van der Waals surface area contributed by atoms with Gasteiger partial charge in [0.15, 0.2) is 0 Å². The third-order valence-corrected chi connectivity index (χ3v) is 3.87. The molecule has 2 N–H and O–H groups in total. The average molecular weight is 226 g/mol. The normalized spacial score (nSPS) is 32.1. The number of hydrogen-bond donors (Lipinski definition) is 1. The molecule has 0 amide bonds. The zero-order valence-corrected chi connectivity index (χ0v) is 10.0. The minimum absolute atomic E-state index is 0.104. The van der Waals surface area contributed by atoms with Crippen molar-refractivity contribution >= 4 is 5.97 Å². The van der Waals surface area contributed by atoms with E-state index in [0.29, 0.717) is 12.3 Å². The van der Waals surface area contributed by atoms with Crippen molar-refractivity contribution < 1.29 is 9.53 Å². The van der Waals surface area contributed by atoms with Gasteiger partial charge < -0.3 is 10.5 Å². The fraction of sp³-hybridized carbons (Fsp3) is 0.917. The largest absolute Gasteiger partial charge is 0.469 e. The van der Waals surface area contributed by atoms with Gasteiger partial charge in [0.25, 0.3) is 0 Å². The lowest BCUT2D eigenvalue weighted by Gasteiger charge is -2.44. The Hall–Kier alpha value is -0.610. The maximum absolute atomic E-state index is 11.3. The van der Waals surface area contributed by atoms with E-state index in [1.54, 1.807) is 0 Å². The molecule has 0 aromatic heterocycles. The van der Waals surface area contributed by atoms with Crippen LogP contribution in [0.25, 0.3) is 0 Å². The number of likely N-dealkylation sites (tertiary alicyclic amines) is 1. The van der Waals surface area contributed by atoms with Crippen molar-refractivity contribution in [3.05, 3.63) is 0 Å². The van der Waals surface area contributed by atoms with Crippen molar-refractivity contribution in [2.75, 3.05) is 20.2 Å². The Labute approximate surface area is 97.1 Å². The summed E-state index contributed by atoms with van der Waals surface area (Å²) in [5, 5.41) is 0. The Morgan fingerprint density at radius 1 is 1.44 bits per heavy atom. The smallest absolute Gasteiger partial charge is 0.305 e. The molecule has 2 atom stereocenters. The predicted octanol–water partition coefficient (Wildman–Crippen LogP) is 0.751.